The molecular formula is C23H24N6O3. The molecular weight excluding hydrogens is 408 g/mol. The molecule has 0 bridgehead atoms. The largest absolute Gasteiger partial charge is 0.356 e. The van der Waals surface area contributed by atoms with Crippen LogP contribution in [0.25, 0.3) is 5.82 Å². The van der Waals surface area contributed by atoms with Crippen LogP contribution in [-0.2, 0) is 17.8 Å². The molecule has 164 valence electrons. The van der Waals surface area contributed by atoms with E-state index in [0.29, 0.717) is 13.1 Å². The molecule has 2 aliphatic heterocycles. The van der Waals surface area contributed by atoms with E-state index in [1.807, 2.05) is 46.1 Å². The van der Waals surface area contributed by atoms with E-state index in [2.05, 4.69) is 14.9 Å². The lowest BCUT2D eigenvalue weighted by Crippen LogP contribution is -2.44. The number of fused-ring (bicyclic) bond motifs is 1. The van der Waals surface area contributed by atoms with E-state index in [-0.39, 0.29) is 22.4 Å². The zero-order valence-corrected chi connectivity index (χ0v) is 17.6. The first-order valence-electron chi connectivity index (χ1n) is 10.8. The number of hydrogen-bond acceptors (Lipinski definition) is 6. The molecule has 32 heavy (non-hydrogen) atoms. The van der Waals surface area contributed by atoms with E-state index in [0.717, 1.165) is 55.1 Å². The summed E-state index contributed by atoms with van der Waals surface area (Å²) in [5.74, 6) is 1.81. The van der Waals surface area contributed by atoms with Crippen molar-refractivity contribution in [2.45, 2.75) is 25.8 Å². The number of benzene rings is 1. The predicted octanol–water partition coefficient (Wildman–Crippen LogP) is 2.98. The molecule has 0 unspecified atom stereocenters. The molecule has 1 saturated heterocycles. The van der Waals surface area contributed by atoms with Gasteiger partial charge in [0.15, 0.2) is 0 Å². The summed E-state index contributed by atoms with van der Waals surface area (Å²) in [6, 6.07) is 10.8. The molecule has 2 aromatic heterocycles. The van der Waals surface area contributed by atoms with Crippen molar-refractivity contribution in [2.24, 2.45) is 5.92 Å². The number of nitrogens with zero attached hydrogens (tertiary/aromatic N) is 6. The maximum absolute atomic E-state index is 13.2. The average Bonchev–Trinajstić information content (AvgIpc) is 3.38. The van der Waals surface area contributed by atoms with Gasteiger partial charge in [-0.2, -0.15) is 0 Å². The van der Waals surface area contributed by atoms with Gasteiger partial charge in [0, 0.05) is 62.7 Å². The third-order valence-electron chi connectivity index (χ3n) is 6.40. The van der Waals surface area contributed by atoms with Crippen LogP contribution >= 0.6 is 0 Å². The second kappa shape index (κ2) is 8.41. The summed E-state index contributed by atoms with van der Waals surface area (Å²) >= 11 is 0. The van der Waals surface area contributed by atoms with Gasteiger partial charge in [-0.05, 0) is 42.5 Å². The van der Waals surface area contributed by atoms with Crippen LogP contribution in [0.1, 0.15) is 24.0 Å². The first kappa shape index (κ1) is 20.2. The maximum atomic E-state index is 13.2. The molecule has 0 atom stereocenters. The molecule has 1 aromatic carbocycles. The lowest BCUT2D eigenvalue weighted by atomic mass is 9.93. The minimum absolute atomic E-state index is 0.0303. The van der Waals surface area contributed by atoms with Crippen LogP contribution in [0.4, 0.5) is 11.5 Å². The summed E-state index contributed by atoms with van der Waals surface area (Å²) in [5.41, 5.74) is 2.06. The molecule has 0 N–H and O–H groups in total. The van der Waals surface area contributed by atoms with Gasteiger partial charge in [0.05, 0.1) is 4.92 Å². The predicted molar refractivity (Wildman–Crippen MR) is 119 cm³/mol. The summed E-state index contributed by atoms with van der Waals surface area (Å²) in [6.07, 6.45) is 7.73. The second-order valence-electron chi connectivity index (χ2n) is 8.31. The van der Waals surface area contributed by atoms with Crippen molar-refractivity contribution < 1.29 is 9.72 Å². The Kier molecular flexibility index (Phi) is 5.30. The van der Waals surface area contributed by atoms with Crippen LogP contribution in [0.5, 0.6) is 0 Å². The number of hydrogen-bond donors (Lipinski definition) is 0. The summed E-state index contributed by atoms with van der Waals surface area (Å²) in [5, 5.41) is 11.1. The van der Waals surface area contributed by atoms with Crippen molar-refractivity contribution in [3.05, 3.63) is 76.4 Å². The van der Waals surface area contributed by atoms with E-state index in [1.165, 1.54) is 0 Å². The fourth-order valence-corrected chi connectivity index (χ4v) is 4.60. The van der Waals surface area contributed by atoms with Crippen LogP contribution in [-0.4, -0.2) is 49.9 Å². The molecule has 4 heterocycles. The molecule has 9 nitrogen and oxygen atoms in total. The Morgan fingerprint density at radius 1 is 1.00 bits per heavy atom. The van der Waals surface area contributed by atoms with Gasteiger partial charge < -0.3 is 14.4 Å². The molecule has 9 heteroatoms. The van der Waals surface area contributed by atoms with Crippen molar-refractivity contribution in [1.29, 1.82) is 0 Å². The van der Waals surface area contributed by atoms with E-state index < -0.39 is 0 Å². The monoisotopic (exact) mass is 432 g/mol. The number of anilines is 1. The van der Waals surface area contributed by atoms with E-state index in [1.54, 1.807) is 18.5 Å². The third kappa shape index (κ3) is 3.93. The zero-order chi connectivity index (χ0) is 22.1. The van der Waals surface area contributed by atoms with Crippen LogP contribution in [0.3, 0.4) is 0 Å². The first-order chi connectivity index (χ1) is 15.6. The average molecular weight is 432 g/mol. The number of nitro benzene ring substituents is 1. The highest BCUT2D eigenvalue weighted by Crippen LogP contribution is 2.28. The summed E-state index contributed by atoms with van der Waals surface area (Å²) in [6.45, 7) is 2.63. The lowest BCUT2D eigenvalue weighted by Gasteiger charge is -2.36. The quantitative estimate of drug-likeness (QED) is 0.464. The minimum atomic E-state index is -0.383. The zero-order valence-electron chi connectivity index (χ0n) is 17.6. The molecule has 5 rings (SSSR count). The van der Waals surface area contributed by atoms with Crippen molar-refractivity contribution in [3.63, 3.8) is 0 Å². The van der Waals surface area contributed by atoms with Gasteiger partial charge in [-0.15, -0.1) is 0 Å². The highest BCUT2D eigenvalue weighted by atomic mass is 16.6. The molecule has 0 aliphatic carbocycles. The van der Waals surface area contributed by atoms with Crippen LogP contribution < -0.4 is 4.90 Å². The molecule has 1 fully saturated rings. The normalized spacial score (nSPS) is 16.6. The topological polar surface area (TPSA) is 97.4 Å². The van der Waals surface area contributed by atoms with Crippen molar-refractivity contribution in [1.82, 2.24) is 19.4 Å². The molecule has 3 aromatic rings. The van der Waals surface area contributed by atoms with Crippen molar-refractivity contribution in [2.75, 3.05) is 24.5 Å². The summed E-state index contributed by atoms with van der Waals surface area (Å²) in [4.78, 5) is 36.7. The van der Waals surface area contributed by atoms with Gasteiger partial charge in [-0.1, -0.05) is 6.07 Å². The van der Waals surface area contributed by atoms with Gasteiger partial charge in [0.2, 0.25) is 5.91 Å². The first-order valence-corrected chi connectivity index (χ1v) is 10.8. The highest BCUT2D eigenvalue weighted by molar-refractivity contribution is 5.79. The Morgan fingerprint density at radius 3 is 2.50 bits per heavy atom. The number of aromatic nitrogens is 3. The van der Waals surface area contributed by atoms with Crippen LogP contribution in [0.2, 0.25) is 0 Å². The Labute approximate surface area is 185 Å². The van der Waals surface area contributed by atoms with E-state index in [9.17, 15) is 14.9 Å². The van der Waals surface area contributed by atoms with Gasteiger partial charge >= 0.3 is 0 Å². The number of carbonyl (C=O) groups is 1. The number of rotatable bonds is 4. The number of nitro groups is 1. The van der Waals surface area contributed by atoms with Gasteiger partial charge in [0.1, 0.15) is 18.0 Å². The van der Waals surface area contributed by atoms with Gasteiger partial charge in [-0.25, -0.2) is 9.97 Å². The molecule has 0 radical (unpaired) electrons. The standard InChI is InChI=1S/C23H24N6O3/c30-23(28-12-5-17-3-4-20(29(31)32)13-19(17)15-28)18-6-10-27(11-7-18)22-14-21(24-16-25-22)26-8-1-2-9-26/h1-4,8-9,13-14,16,18H,5-7,10-12,15H2. The second-order valence-corrected chi connectivity index (χ2v) is 8.31. The third-order valence-corrected chi connectivity index (χ3v) is 6.40. The van der Waals surface area contributed by atoms with Gasteiger partial charge in [0.25, 0.3) is 5.69 Å². The number of amides is 1. The number of piperidine rings is 1. The fourth-order valence-electron chi connectivity index (χ4n) is 4.60. The Morgan fingerprint density at radius 2 is 1.75 bits per heavy atom. The molecule has 2 aliphatic rings. The Balaban J connectivity index is 1.22. The van der Waals surface area contributed by atoms with Gasteiger partial charge in [-0.3, -0.25) is 14.9 Å². The van der Waals surface area contributed by atoms with Crippen molar-refractivity contribution in [3.8, 4) is 5.82 Å². The lowest BCUT2D eigenvalue weighted by molar-refractivity contribution is -0.385. The summed E-state index contributed by atoms with van der Waals surface area (Å²) < 4.78 is 1.94. The number of non-ortho nitro benzene ring substituents is 1. The van der Waals surface area contributed by atoms with Crippen LogP contribution in [0.15, 0.2) is 55.1 Å². The fraction of sp³-hybridized carbons (Fsp3) is 0.348. The molecule has 0 spiro atoms. The maximum Gasteiger partial charge on any atom is 0.269 e. The number of carbonyl (C=O) groups excluding carboxylic acids is 1. The van der Waals surface area contributed by atoms with Crippen molar-refractivity contribution >= 4 is 17.4 Å². The smallest absolute Gasteiger partial charge is 0.269 e. The summed E-state index contributed by atoms with van der Waals surface area (Å²) in [7, 11) is 0. The SMILES string of the molecule is O=C(C1CCN(c2cc(-n3cccc3)ncn2)CC1)N1CCc2ccc([N+](=O)[O-])cc2C1. The molecule has 0 saturated carbocycles. The Hall–Kier alpha value is -3.75. The van der Waals surface area contributed by atoms with E-state index >= 15 is 0 Å². The van der Waals surface area contributed by atoms with Crippen LogP contribution in [0, 0.1) is 16.0 Å². The van der Waals surface area contributed by atoms with E-state index in [4.69, 9.17) is 0 Å². The molecule has 1 amide bonds. The highest BCUT2D eigenvalue weighted by Gasteiger charge is 2.31. The minimum Gasteiger partial charge on any atom is -0.356 e. The Bertz CT molecular complexity index is 1140.